The SMILES string of the molecule is [CH3][Ge]([CH3])([CH3])/[C](=C/CO)CO. The molecule has 2 nitrogen and oxygen atoms in total. The zero-order chi connectivity index (χ0) is 8.20. The van der Waals surface area contributed by atoms with E-state index in [0.717, 1.165) is 4.41 Å². The van der Waals surface area contributed by atoms with Gasteiger partial charge in [0, 0.05) is 0 Å². The monoisotopic (exact) mass is 206 g/mol. The van der Waals surface area contributed by atoms with Crippen LogP contribution in [0.25, 0.3) is 0 Å². The molecule has 0 radical (unpaired) electrons. The van der Waals surface area contributed by atoms with E-state index in [-0.39, 0.29) is 13.2 Å². The molecule has 0 aliphatic carbocycles. The Kier molecular flexibility index (Phi) is 4.24. The fraction of sp³-hybridized carbons (Fsp3) is 0.714. The van der Waals surface area contributed by atoms with Crippen molar-refractivity contribution in [1.82, 2.24) is 0 Å². The first kappa shape index (κ1) is 10.2. The summed E-state index contributed by atoms with van der Waals surface area (Å²) in [7, 11) is 0. The van der Waals surface area contributed by atoms with Crippen LogP contribution in [0.1, 0.15) is 0 Å². The average molecular weight is 205 g/mol. The molecular formula is C7H16GeO2. The summed E-state index contributed by atoms with van der Waals surface area (Å²) in [5.74, 6) is 6.58. The molecule has 0 rings (SSSR count). The number of hydrogen-bond donors (Lipinski definition) is 2. The molecule has 0 atom stereocenters. The predicted molar refractivity (Wildman–Crippen MR) is 45.6 cm³/mol. The molecule has 0 saturated heterocycles. The van der Waals surface area contributed by atoms with Crippen LogP contribution < -0.4 is 0 Å². The first-order valence-corrected chi connectivity index (χ1v) is 10.8. The molecule has 0 aliphatic heterocycles. The molecule has 0 saturated carbocycles. The Morgan fingerprint density at radius 3 is 1.90 bits per heavy atom. The zero-order valence-electron chi connectivity index (χ0n) is 6.89. The molecule has 0 heterocycles. The summed E-state index contributed by atoms with van der Waals surface area (Å²) in [5, 5.41) is 17.4. The molecule has 0 unspecified atom stereocenters. The van der Waals surface area contributed by atoms with Crippen molar-refractivity contribution in [3.63, 3.8) is 0 Å². The Balaban J connectivity index is 4.21. The Labute approximate surface area is 64.9 Å². The Bertz CT molecular complexity index is 124. The first-order chi connectivity index (χ1) is 4.52. The van der Waals surface area contributed by atoms with E-state index in [1.807, 2.05) is 0 Å². The van der Waals surface area contributed by atoms with Crippen molar-refractivity contribution in [2.24, 2.45) is 0 Å². The molecule has 0 bridgehead atoms. The van der Waals surface area contributed by atoms with Gasteiger partial charge in [-0.15, -0.1) is 0 Å². The molecule has 0 spiro atoms. The molecule has 10 heavy (non-hydrogen) atoms. The van der Waals surface area contributed by atoms with Gasteiger partial charge in [0.1, 0.15) is 0 Å². The number of aliphatic hydroxyl groups excluding tert-OH is 2. The van der Waals surface area contributed by atoms with Crippen LogP contribution in [-0.2, 0) is 0 Å². The van der Waals surface area contributed by atoms with Crippen molar-refractivity contribution in [2.75, 3.05) is 13.2 Å². The summed E-state index contributed by atoms with van der Waals surface area (Å²) in [6.07, 6.45) is 1.74. The third-order valence-electron chi connectivity index (χ3n) is 1.47. The van der Waals surface area contributed by atoms with Crippen molar-refractivity contribution < 1.29 is 10.2 Å². The Morgan fingerprint density at radius 2 is 1.80 bits per heavy atom. The number of aliphatic hydroxyl groups is 2. The topological polar surface area (TPSA) is 40.5 Å². The summed E-state index contributed by atoms with van der Waals surface area (Å²) < 4.78 is 1.07. The van der Waals surface area contributed by atoms with Crippen LogP contribution in [0.4, 0.5) is 0 Å². The zero-order valence-corrected chi connectivity index (χ0v) is 8.98. The fourth-order valence-corrected chi connectivity index (χ4v) is 3.19. The molecule has 0 aromatic rings. The third-order valence-corrected chi connectivity index (χ3v) is 6.27. The third kappa shape index (κ3) is 3.39. The van der Waals surface area contributed by atoms with Crippen molar-refractivity contribution in [3.8, 4) is 0 Å². The molecule has 60 valence electrons. The van der Waals surface area contributed by atoms with Crippen molar-refractivity contribution in [3.05, 3.63) is 10.5 Å². The van der Waals surface area contributed by atoms with Gasteiger partial charge in [0.15, 0.2) is 0 Å². The van der Waals surface area contributed by atoms with Gasteiger partial charge in [-0.05, 0) is 0 Å². The minimum atomic E-state index is -1.82. The van der Waals surface area contributed by atoms with Gasteiger partial charge < -0.3 is 0 Å². The quantitative estimate of drug-likeness (QED) is 0.668. The van der Waals surface area contributed by atoms with E-state index < -0.39 is 13.3 Å². The molecule has 0 amide bonds. The van der Waals surface area contributed by atoms with Crippen molar-refractivity contribution >= 4 is 13.3 Å². The summed E-state index contributed by atoms with van der Waals surface area (Å²) >= 11 is -1.82. The number of rotatable bonds is 3. The van der Waals surface area contributed by atoms with E-state index in [1.165, 1.54) is 0 Å². The molecule has 0 aromatic heterocycles. The van der Waals surface area contributed by atoms with Crippen molar-refractivity contribution in [2.45, 2.75) is 17.3 Å². The predicted octanol–water partition coefficient (Wildman–Crippen LogP) is 0.775. The fourth-order valence-electron chi connectivity index (χ4n) is 0.718. The van der Waals surface area contributed by atoms with E-state index >= 15 is 0 Å². The second-order valence-corrected chi connectivity index (χ2v) is 14.1. The summed E-state index contributed by atoms with van der Waals surface area (Å²) in [6.45, 7) is 0.169. The normalized spacial score (nSPS) is 13.9. The summed E-state index contributed by atoms with van der Waals surface area (Å²) in [4.78, 5) is 0. The van der Waals surface area contributed by atoms with E-state index in [0.29, 0.717) is 0 Å². The standard InChI is InChI=1S/C7H16GeO2/c1-8(2,3)7(6-10)4-5-9/h4,9-10H,5-6H2,1-3H3/b7-4+. The van der Waals surface area contributed by atoms with E-state index in [9.17, 15) is 0 Å². The minimum absolute atomic E-state index is 0.0540. The molecular weight excluding hydrogens is 189 g/mol. The van der Waals surface area contributed by atoms with Crippen LogP contribution in [0.2, 0.25) is 17.3 Å². The molecule has 0 fully saturated rings. The summed E-state index contributed by atoms with van der Waals surface area (Å²) in [6, 6.07) is 0. The Morgan fingerprint density at radius 1 is 1.30 bits per heavy atom. The van der Waals surface area contributed by atoms with Gasteiger partial charge in [0.25, 0.3) is 0 Å². The van der Waals surface area contributed by atoms with Gasteiger partial charge in [-0.1, -0.05) is 0 Å². The maximum atomic E-state index is 8.86. The van der Waals surface area contributed by atoms with Gasteiger partial charge in [-0.2, -0.15) is 0 Å². The molecule has 2 N–H and O–H groups in total. The molecule has 0 aromatic carbocycles. The van der Waals surface area contributed by atoms with Crippen LogP contribution in [0, 0.1) is 0 Å². The number of hydrogen-bond acceptors (Lipinski definition) is 2. The van der Waals surface area contributed by atoms with E-state index in [1.54, 1.807) is 6.08 Å². The van der Waals surface area contributed by atoms with E-state index in [2.05, 4.69) is 17.3 Å². The van der Waals surface area contributed by atoms with Crippen LogP contribution in [0.15, 0.2) is 10.5 Å². The molecule has 3 heteroatoms. The Hall–Kier alpha value is 0.203. The van der Waals surface area contributed by atoms with Crippen LogP contribution in [0.5, 0.6) is 0 Å². The van der Waals surface area contributed by atoms with Gasteiger partial charge >= 0.3 is 64.4 Å². The van der Waals surface area contributed by atoms with Crippen LogP contribution in [0.3, 0.4) is 0 Å². The average Bonchev–Trinajstić information content (AvgIpc) is 1.80. The van der Waals surface area contributed by atoms with Gasteiger partial charge in [0.05, 0.1) is 0 Å². The van der Waals surface area contributed by atoms with E-state index in [4.69, 9.17) is 10.2 Å². The first-order valence-electron chi connectivity index (χ1n) is 3.43. The van der Waals surface area contributed by atoms with Crippen LogP contribution >= 0.6 is 0 Å². The second-order valence-electron chi connectivity index (χ2n) is 3.32. The maximum absolute atomic E-state index is 8.86. The van der Waals surface area contributed by atoms with Gasteiger partial charge in [-0.3, -0.25) is 0 Å². The summed E-state index contributed by atoms with van der Waals surface area (Å²) in [5.41, 5.74) is 0. The second kappa shape index (κ2) is 4.16. The van der Waals surface area contributed by atoms with Crippen molar-refractivity contribution in [1.29, 1.82) is 0 Å². The molecule has 0 aliphatic rings. The van der Waals surface area contributed by atoms with Crippen LogP contribution in [-0.4, -0.2) is 36.7 Å². The van der Waals surface area contributed by atoms with Gasteiger partial charge in [-0.25, -0.2) is 0 Å². The van der Waals surface area contributed by atoms with Gasteiger partial charge in [0.2, 0.25) is 0 Å².